The van der Waals surface area contributed by atoms with Crippen LogP contribution in [-0.4, -0.2) is 39.7 Å². The molecule has 0 N–H and O–H groups in total. The highest BCUT2D eigenvalue weighted by molar-refractivity contribution is 6.30. The molecule has 26 heavy (non-hydrogen) atoms. The van der Waals surface area contributed by atoms with Crippen molar-refractivity contribution in [3.63, 3.8) is 0 Å². The molecule has 1 aromatic heterocycles. The standard InChI is InChI=1S/C19H19ClN4O2/c1-13-21-18(22-24(13)16-8-6-15(20)7-9-16)19(25)23(2)12-14-4-10-17(26-3)11-5-14/h4-11H,12H2,1-3H3. The fourth-order valence-corrected chi connectivity index (χ4v) is 2.68. The Morgan fingerprint density at radius 2 is 1.81 bits per heavy atom. The largest absolute Gasteiger partial charge is 0.497 e. The van der Waals surface area contributed by atoms with Gasteiger partial charge in [0.15, 0.2) is 0 Å². The molecule has 134 valence electrons. The predicted molar refractivity (Wildman–Crippen MR) is 99.9 cm³/mol. The molecule has 3 aromatic rings. The number of carbonyl (C=O) groups is 1. The Kier molecular flexibility index (Phi) is 5.23. The summed E-state index contributed by atoms with van der Waals surface area (Å²) in [5.41, 5.74) is 1.80. The topological polar surface area (TPSA) is 60.2 Å². The van der Waals surface area contributed by atoms with E-state index in [0.29, 0.717) is 17.4 Å². The zero-order valence-corrected chi connectivity index (χ0v) is 15.6. The molecular formula is C19H19ClN4O2. The zero-order chi connectivity index (χ0) is 18.7. The van der Waals surface area contributed by atoms with Crippen molar-refractivity contribution in [1.82, 2.24) is 19.7 Å². The van der Waals surface area contributed by atoms with Crippen LogP contribution in [0.1, 0.15) is 22.0 Å². The molecule has 0 saturated heterocycles. The number of methoxy groups -OCH3 is 1. The summed E-state index contributed by atoms with van der Waals surface area (Å²) in [6, 6.07) is 14.8. The van der Waals surface area contributed by atoms with Crippen molar-refractivity contribution >= 4 is 17.5 Å². The van der Waals surface area contributed by atoms with Gasteiger partial charge in [0.25, 0.3) is 5.91 Å². The van der Waals surface area contributed by atoms with Crippen molar-refractivity contribution < 1.29 is 9.53 Å². The van der Waals surface area contributed by atoms with Crippen molar-refractivity contribution in [3.05, 3.63) is 70.8 Å². The lowest BCUT2D eigenvalue weighted by Gasteiger charge is -2.15. The summed E-state index contributed by atoms with van der Waals surface area (Å²) in [6.07, 6.45) is 0. The van der Waals surface area contributed by atoms with Crippen LogP contribution in [0.4, 0.5) is 0 Å². The van der Waals surface area contributed by atoms with Gasteiger partial charge >= 0.3 is 0 Å². The van der Waals surface area contributed by atoms with Gasteiger partial charge in [0.05, 0.1) is 12.8 Å². The van der Waals surface area contributed by atoms with Gasteiger partial charge in [-0.15, -0.1) is 5.10 Å². The van der Waals surface area contributed by atoms with Gasteiger partial charge in [-0.05, 0) is 48.9 Å². The van der Waals surface area contributed by atoms with Crippen molar-refractivity contribution in [2.45, 2.75) is 13.5 Å². The maximum absolute atomic E-state index is 12.7. The van der Waals surface area contributed by atoms with E-state index in [1.165, 1.54) is 0 Å². The first-order chi connectivity index (χ1) is 12.5. The third-order valence-electron chi connectivity index (χ3n) is 3.96. The molecular weight excluding hydrogens is 352 g/mol. The fraction of sp³-hybridized carbons (Fsp3) is 0.211. The van der Waals surface area contributed by atoms with Crippen LogP contribution in [0, 0.1) is 6.92 Å². The van der Waals surface area contributed by atoms with Crippen molar-refractivity contribution in [2.75, 3.05) is 14.2 Å². The summed E-state index contributed by atoms with van der Waals surface area (Å²) in [5, 5.41) is 4.99. The van der Waals surface area contributed by atoms with Crippen LogP contribution in [0.25, 0.3) is 5.69 Å². The minimum atomic E-state index is -0.239. The quantitative estimate of drug-likeness (QED) is 0.689. The number of hydrogen-bond acceptors (Lipinski definition) is 4. The summed E-state index contributed by atoms with van der Waals surface area (Å²) >= 11 is 5.92. The maximum Gasteiger partial charge on any atom is 0.293 e. The van der Waals surface area contributed by atoms with Crippen molar-refractivity contribution in [2.24, 2.45) is 0 Å². The number of carbonyl (C=O) groups excluding carboxylic acids is 1. The molecule has 0 spiro atoms. The fourth-order valence-electron chi connectivity index (χ4n) is 2.55. The number of halogens is 1. The number of nitrogens with zero attached hydrogens (tertiary/aromatic N) is 4. The Hall–Kier alpha value is -2.86. The molecule has 0 bridgehead atoms. The van der Waals surface area contributed by atoms with Gasteiger partial charge < -0.3 is 9.64 Å². The molecule has 3 rings (SSSR count). The molecule has 0 aliphatic carbocycles. The van der Waals surface area contributed by atoms with Gasteiger partial charge in [0, 0.05) is 18.6 Å². The normalized spacial score (nSPS) is 10.6. The maximum atomic E-state index is 12.7. The highest BCUT2D eigenvalue weighted by Crippen LogP contribution is 2.16. The molecule has 7 heteroatoms. The van der Waals surface area contributed by atoms with Crippen LogP contribution in [0.15, 0.2) is 48.5 Å². The van der Waals surface area contributed by atoms with E-state index in [1.54, 1.807) is 35.9 Å². The van der Waals surface area contributed by atoms with Gasteiger partial charge in [-0.3, -0.25) is 4.79 Å². The van der Waals surface area contributed by atoms with E-state index in [0.717, 1.165) is 17.0 Å². The summed E-state index contributed by atoms with van der Waals surface area (Å²) in [7, 11) is 3.35. The first-order valence-corrected chi connectivity index (χ1v) is 8.43. The van der Waals surface area contributed by atoms with Gasteiger partial charge in [-0.2, -0.15) is 0 Å². The molecule has 2 aromatic carbocycles. The lowest BCUT2D eigenvalue weighted by Crippen LogP contribution is -2.27. The van der Waals surface area contributed by atoms with Gasteiger partial charge in [0.1, 0.15) is 11.6 Å². The molecule has 1 amide bonds. The van der Waals surface area contributed by atoms with Gasteiger partial charge in [0.2, 0.25) is 5.82 Å². The molecule has 0 atom stereocenters. The summed E-state index contributed by atoms with van der Waals surface area (Å²) in [4.78, 5) is 18.6. The Morgan fingerprint density at radius 3 is 2.42 bits per heavy atom. The summed E-state index contributed by atoms with van der Waals surface area (Å²) in [5.74, 6) is 1.33. The molecule has 0 unspecified atom stereocenters. The highest BCUT2D eigenvalue weighted by atomic mass is 35.5. The number of aryl methyl sites for hydroxylation is 1. The monoisotopic (exact) mass is 370 g/mol. The lowest BCUT2D eigenvalue weighted by molar-refractivity contribution is 0.0773. The second kappa shape index (κ2) is 7.58. The highest BCUT2D eigenvalue weighted by Gasteiger charge is 2.19. The minimum Gasteiger partial charge on any atom is -0.497 e. The smallest absolute Gasteiger partial charge is 0.293 e. The van der Waals surface area contributed by atoms with Crippen LogP contribution >= 0.6 is 11.6 Å². The summed E-state index contributed by atoms with van der Waals surface area (Å²) < 4.78 is 6.77. The number of amides is 1. The van der Waals surface area contributed by atoms with E-state index < -0.39 is 0 Å². The van der Waals surface area contributed by atoms with Crippen LogP contribution in [0.5, 0.6) is 5.75 Å². The molecule has 0 aliphatic heterocycles. The van der Waals surface area contributed by atoms with Gasteiger partial charge in [-0.25, -0.2) is 9.67 Å². The van der Waals surface area contributed by atoms with E-state index in [4.69, 9.17) is 16.3 Å². The number of rotatable bonds is 5. The molecule has 1 heterocycles. The lowest BCUT2D eigenvalue weighted by atomic mass is 10.2. The second-order valence-electron chi connectivity index (χ2n) is 5.88. The number of benzene rings is 2. The Bertz CT molecular complexity index is 904. The third-order valence-corrected chi connectivity index (χ3v) is 4.21. The second-order valence-corrected chi connectivity index (χ2v) is 6.32. The van der Waals surface area contributed by atoms with Gasteiger partial charge in [-0.1, -0.05) is 23.7 Å². The van der Waals surface area contributed by atoms with E-state index in [2.05, 4.69) is 10.1 Å². The Morgan fingerprint density at radius 1 is 1.15 bits per heavy atom. The molecule has 0 fully saturated rings. The first-order valence-electron chi connectivity index (χ1n) is 8.06. The van der Waals surface area contributed by atoms with E-state index in [1.807, 2.05) is 43.3 Å². The van der Waals surface area contributed by atoms with Crippen molar-refractivity contribution in [3.8, 4) is 11.4 Å². The number of hydrogen-bond donors (Lipinski definition) is 0. The molecule has 0 aliphatic rings. The minimum absolute atomic E-state index is 0.161. The molecule has 0 saturated carbocycles. The van der Waals surface area contributed by atoms with Crippen LogP contribution < -0.4 is 4.74 Å². The van der Waals surface area contributed by atoms with Crippen LogP contribution in [0.3, 0.4) is 0 Å². The molecule has 6 nitrogen and oxygen atoms in total. The van der Waals surface area contributed by atoms with Crippen LogP contribution in [-0.2, 0) is 6.54 Å². The predicted octanol–water partition coefficient (Wildman–Crippen LogP) is 3.51. The average molecular weight is 371 g/mol. The van der Waals surface area contributed by atoms with E-state index in [-0.39, 0.29) is 11.7 Å². The van der Waals surface area contributed by atoms with E-state index >= 15 is 0 Å². The van der Waals surface area contributed by atoms with Crippen molar-refractivity contribution in [1.29, 1.82) is 0 Å². The SMILES string of the molecule is COc1ccc(CN(C)C(=O)c2nc(C)n(-c3ccc(Cl)cc3)n2)cc1. The molecule has 0 radical (unpaired) electrons. The number of aromatic nitrogens is 3. The Labute approximate surface area is 157 Å². The third kappa shape index (κ3) is 3.86. The van der Waals surface area contributed by atoms with Crippen LogP contribution in [0.2, 0.25) is 5.02 Å². The summed E-state index contributed by atoms with van der Waals surface area (Å²) in [6.45, 7) is 2.26. The van der Waals surface area contributed by atoms with E-state index in [9.17, 15) is 4.79 Å². The number of ether oxygens (including phenoxy) is 1. The zero-order valence-electron chi connectivity index (χ0n) is 14.8. The average Bonchev–Trinajstić information content (AvgIpc) is 3.04. The Balaban J connectivity index is 1.76. The first kappa shape index (κ1) is 17.9.